The fourth-order valence-electron chi connectivity index (χ4n) is 2.33. The maximum atomic E-state index is 13.4. The van der Waals surface area contributed by atoms with Crippen molar-refractivity contribution >= 4 is 28.5 Å². The van der Waals surface area contributed by atoms with Gasteiger partial charge in [0.05, 0.1) is 11.2 Å². The summed E-state index contributed by atoms with van der Waals surface area (Å²) in [5, 5.41) is 0.633. The number of halogens is 2. The van der Waals surface area contributed by atoms with Crippen LogP contribution in [0.2, 0.25) is 0 Å². The molecule has 0 aliphatic carbocycles. The Morgan fingerprint density at radius 1 is 1.09 bits per heavy atom. The standard InChI is InChI=1S/C17H16F2N2S/c1-2-3-11-4-6-12(7-5-11)22-21-17-10-20-16-9-15(19)14(18)8-13(16)17/h4-10,20-21H,2-3H2,1H3. The summed E-state index contributed by atoms with van der Waals surface area (Å²) < 4.78 is 29.7. The maximum Gasteiger partial charge on any atom is 0.160 e. The van der Waals surface area contributed by atoms with Crippen molar-refractivity contribution in [1.82, 2.24) is 4.98 Å². The van der Waals surface area contributed by atoms with Crippen molar-refractivity contribution in [3.05, 3.63) is 59.8 Å². The van der Waals surface area contributed by atoms with Gasteiger partial charge in [-0.1, -0.05) is 25.5 Å². The predicted octanol–water partition coefficient (Wildman–Crippen LogP) is 5.52. The van der Waals surface area contributed by atoms with Gasteiger partial charge in [-0.2, -0.15) is 0 Å². The summed E-state index contributed by atoms with van der Waals surface area (Å²) in [5.74, 6) is -1.69. The number of aryl methyl sites for hydroxylation is 1. The van der Waals surface area contributed by atoms with Crippen LogP contribution >= 0.6 is 11.9 Å². The monoisotopic (exact) mass is 318 g/mol. The fraction of sp³-hybridized carbons (Fsp3) is 0.176. The zero-order valence-electron chi connectivity index (χ0n) is 12.1. The van der Waals surface area contributed by atoms with Crippen molar-refractivity contribution in [3.8, 4) is 0 Å². The molecule has 22 heavy (non-hydrogen) atoms. The summed E-state index contributed by atoms with van der Waals surface area (Å²) >= 11 is 1.44. The van der Waals surface area contributed by atoms with E-state index in [1.807, 2.05) is 0 Å². The van der Waals surface area contributed by atoms with Gasteiger partial charge in [-0.15, -0.1) is 0 Å². The maximum absolute atomic E-state index is 13.4. The summed E-state index contributed by atoms with van der Waals surface area (Å²) in [4.78, 5) is 4.00. The number of aromatic nitrogens is 1. The van der Waals surface area contributed by atoms with E-state index in [4.69, 9.17) is 0 Å². The fourth-order valence-corrected chi connectivity index (χ4v) is 3.00. The number of nitrogens with one attached hydrogen (secondary N) is 2. The van der Waals surface area contributed by atoms with E-state index < -0.39 is 11.6 Å². The highest BCUT2D eigenvalue weighted by molar-refractivity contribution is 8.00. The summed E-state index contributed by atoms with van der Waals surface area (Å²) in [7, 11) is 0. The van der Waals surface area contributed by atoms with E-state index in [1.54, 1.807) is 6.20 Å². The molecule has 2 nitrogen and oxygen atoms in total. The molecule has 114 valence electrons. The SMILES string of the molecule is CCCc1ccc(SNc2c[nH]c3cc(F)c(F)cc23)cc1. The molecule has 1 heterocycles. The van der Waals surface area contributed by atoms with Crippen LogP contribution in [0.5, 0.6) is 0 Å². The van der Waals surface area contributed by atoms with Crippen molar-refractivity contribution in [3.63, 3.8) is 0 Å². The molecule has 0 bridgehead atoms. The lowest BCUT2D eigenvalue weighted by molar-refractivity contribution is 0.511. The lowest BCUT2D eigenvalue weighted by Crippen LogP contribution is -1.88. The van der Waals surface area contributed by atoms with Crippen LogP contribution in [0.1, 0.15) is 18.9 Å². The number of hydrogen-bond donors (Lipinski definition) is 2. The Morgan fingerprint density at radius 3 is 2.55 bits per heavy atom. The van der Waals surface area contributed by atoms with Crippen LogP contribution in [0.4, 0.5) is 14.5 Å². The molecule has 0 atom stereocenters. The van der Waals surface area contributed by atoms with Gasteiger partial charge in [-0.3, -0.25) is 0 Å². The van der Waals surface area contributed by atoms with Crippen LogP contribution in [-0.2, 0) is 6.42 Å². The molecule has 2 aromatic carbocycles. The van der Waals surface area contributed by atoms with Gasteiger partial charge in [0.1, 0.15) is 0 Å². The summed E-state index contributed by atoms with van der Waals surface area (Å²) in [6, 6.07) is 10.7. The Bertz CT molecular complexity index is 781. The largest absolute Gasteiger partial charge is 0.359 e. The highest BCUT2D eigenvalue weighted by Gasteiger charge is 2.09. The minimum atomic E-state index is -0.847. The molecular formula is C17H16F2N2S. The molecule has 0 saturated heterocycles. The molecular weight excluding hydrogens is 302 g/mol. The number of benzene rings is 2. The molecule has 3 rings (SSSR count). The Labute approximate surface area is 132 Å². The van der Waals surface area contributed by atoms with E-state index in [0.717, 1.165) is 23.4 Å². The Kier molecular flexibility index (Phi) is 4.34. The third-order valence-electron chi connectivity index (χ3n) is 3.46. The highest BCUT2D eigenvalue weighted by Crippen LogP contribution is 2.29. The van der Waals surface area contributed by atoms with E-state index in [-0.39, 0.29) is 0 Å². The molecule has 0 aliphatic heterocycles. The first-order valence-corrected chi connectivity index (χ1v) is 7.97. The quantitative estimate of drug-likeness (QED) is 0.606. The summed E-state index contributed by atoms with van der Waals surface area (Å²) in [6.07, 6.45) is 3.91. The smallest absolute Gasteiger partial charge is 0.160 e. The van der Waals surface area contributed by atoms with E-state index in [1.165, 1.54) is 29.6 Å². The molecule has 0 saturated carbocycles. The van der Waals surface area contributed by atoms with Gasteiger partial charge in [0.25, 0.3) is 0 Å². The van der Waals surface area contributed by atoms with Crippen molar-refractivity contribution in [1.29, 1.82) is 0 Å². The van der Waals surface area contributed by atoms with Crippen LogP contribution < -0.4 is 4.72 Å². The topological polar surface area (TPSA) is 27.8 Å². The summed E-state index contributed by atoms with van der Waals surface area (Å²) in [5.41, 5.74) is 2.62. The number of aromatic amines is 1. The van der Waals surface area contributed by atoms with Crippen molar-refractivity contribution in [2.75, 3.05) is 4.72 Å². The highest BCUT2D eigenvalue weighted by atomic mass is 32.2. The van der Waals surface area contributed by atoms with Gasteiger partial charge in [0, 0.05) is 22.5 Å². The minimum absolute atomic E-state index is 0.570. The Hall–Kier alpha value is -2.01. The first kappa shape index (κ1) is 14.9. The van der Waals surface area contributed by atoms with E-state index >= 15 is 0 Å². The molecule has 1 aromatic heterocycles. The van der Waals surface area contributed by atoms with E-state index in [9.17, 15) is 8.78 Å². The molecule has 0 radical (unpaired) electrons. The normalized spacial score (nSPS) is 11.0. The van der Waals surface area contributed by atoms with Gasteiger partial charge in [-0.25, -0.2) is 8.78 Å². The number of hydrogen-bond acceptors (Lipinski definition) is 2. The van der Waals surface area contributed by atoms with E-state index in [2.05, 4.69) is 40.9 Å². The predicted molar refractivity (Wildman–Crippen MR) is 88.1 cm³/mol. The molecule has 0 fully saturated rings. The number of anilines is 1. The third kappa shape index (κ3) is 3.09. The molecule has 0 amide bonds. The summed E-state index contributed by atoms with van der Waals surface area (Å²) in [6.45, 7) is 2.16. The second kappa shape index (κ2) is 6.40. The van der Waals surface area contributed by atoms with Gasteiger partial charge >= 0.3 is 0 Å². The van der Waals surface area contributed by atoms with E-state index in [0.29, 0.717) is 10.9 Å². The van der Waals surface area contributed by atoms with Crippen LogP contribution in [0.25, 0.3) is 10.9 Å². The van der Waals surface area contributed by atoms with Crippen molar-refractivity contribution < 1.29 is 8.78 Å². The molecule has 3 aromatic rings. The first-order chi connectivity index (χ1) is 10.7. The second-order valence-electron chi connectivity index (χ2n) is 5.11. The molecule has 0 aliphatic rings. The zero-order chi connectivity index (χ0) is 15.5. The second-order valence-corrected chi connectivity index (χ2v) is 5.99. The molecule has 2 N–H and O–H groups in total. The zero-order valence-corrected chi connectivity index (χ0v) is 12.9. The van der Waals surface area contributed by atoms with Crippen LogP contribution in [-0.4, -0.2) is 4.98 Å². The lowest BCUT2D eigenvalue weighted by atomic mass is 10.1. The third-order valence-corrected chi connectivity index (χ3v) is 4.29. The molecule has 5 heteroatoms. The minimum Gasteiger partial charge on any atom is -0.359 e. The average Bonchev–Trinajstić information content (AvgIpc) is 2.89. The van der Waals surface area contributed by atoms with Gasteiger partial charge < -0.3 is 9.71 Å². The number of H-pyrrole nitrogens is 1. The first-order valence-electron chi connectivity index (χ1n) is 7.15. The molecule has 0 unspecified atom stereocenters. The Morgan fingerprint density at radius 2 is 1.82 bits per heavy atom. The van der Waals surface area contributed by atoms with Gasteiger partial charge in [0.15, 0.2) is 11.6 Å². The van der Waals surface area contributed by atoms with Gasteiger partial charge in [-0.05, 0) is 42.1 Å². The van der Waals surface area contributed by atoms with Gasteiger partial charge in [0.2, 0.25) is 0 Å². The van der Waals surface area contributed by atoms with Crippen LogP contribution in [0.3, 0.4) is 0 Å². The van der Waals surface area contributed by atoms with Crippen molar-refractivity contribution in [2.24, 2.45) is 0 Å². The average molecular weight is 318 g/mol. The van der Waals surface area contributed by atoms with Crippen molar-refractivity contribution in [2.45, 2.75) is 24.7 Å². The number of rotatable bonds is 5. The number of fused-ring (bicyclic) bond motifs is 1. The molecule has 0 spiro atoms. The van der Waals surface area contributed by atoms with Crippen LogP contribution in [0, 0.1) is 11.6 Å². The Balaban J connectivity index is 1.75. The van der Waals surface area contributed by atoms with Crippen LogP contribution in [0.15, 0.2) is 47.5 Å². The lowest BCUT2D eigenvalue weighted by Gasteiger charge is -2.05.